The van der Waals surface area contributed by atoms with Crippen molar-refractivity contribution in [3.05, 3.63) is 33.4 Å². The van der Waals surface area contributed by atoms with Crippen molar-refractivity contribution in [1.82, 2.24) is 10.2 Å². The Labute approximate surface area is 178 Å². The second-order valence-corrected chi connectivity index (χ2v) is 8.07. The van der Waals surface area contributed by atoms with Gasteiger partial charge in [-0.2, -0.15) is 0 Å². The highest BCUT2D eigenvalue weighted by Gasteiger charge is 2.21. The Bertz CT molecular complexity index is 716. The van der Waals surface area contributed by atoms with Crippen molar-refractivity contribution in [1.29, 1.82) is 0 Å². The maximum absolute atomic E-state index is 12.4. The lowest BCUT2D eigenvalue weighted by Crippen LogP contribution is -2.43. The third-order valence-corrected chi connectivity index (χ3v) is 5.26. The number of amides is 1. The summed E-state index contributed by atoms with van der Waals surface area (Å²) in [6, 6.07) is 2.04. The molecule has 8 nitrogen and oxygen atoms in total. The second-order valence-electron chi connectivity index (χ2n) is 8.07. The van der Waals surface area contributed by atoms with Gasteiger partial charge in [-0.3, -0.25) is 14.5 Å². The van der Waals surface area contributed by atoms with E-state index in [1.807, 2.05) is 0 Å². The van der Waals surface area contributed by atoms with Crippen LogP contribution in [-0.4, -0.2) is 59.8 Å². The molecule has 8 heteroatoms. The monoisotopic (exact) mass is 424 g/mol. The van der Waals surface area contributed by atoms with E-state index in [0.717, 1.165) is 38.8 Å². The van der Waals surface area contributed by atoms with Gasteiger partial charge < -0.3 is 19.9 Å². The van der Waals surface area contributed by atoms with Gasteiger partial charge in [-0.05, 0) is 56.7 Å². The average molecular weight is 425 g/mol. The molecule has 0 spiro atoms. The van der Waals surface area contributed by atoms with E-state index in [0.29, 0.717) is 30.2 Å². The summed E-state index contributed by atoms with van der Waals surface area (Å²) in [6.45, 7) is 8.31. The number of aliphatic hydroxyl groups is 1. The number of aryl methyl sites for hydroxylation is 2. The van der Waals surface area contributed by atoms with E-state index < -0.39 is 5.63 Å². The molecule has 1 aromatic heterocycles. The van der Waals surface area contributed by atoms with Crippen LogP contribution in [0.2, 0.25) is 0 Å². The van der Waals surface area contributed by atoms with Gasteiger partial charge in [0.1, 0.15) is 11.3 Å². The maximum Gasteiger partial charge on any atom is 0.349 e. The van der Waals surface area contributed by atoms with Gasteiger partial charge in [-0.15, -0.1) is 0 Å². The van der Waals surface area contributed by atoms with E-state index >= 15 is 0 Å². The molecular weight excluding hydrogens is 388 g/mol. The smallest absolute Gasteiger partial charge is 0.349 e. The standard InChI is InChI=1S/C21H34N2O4.CH2O2/c1-15(2)8-9-18-13-16(3)19(21(26)27-18)20(25)22-10-6-12-23-11-5-4-7-17(23)14-24;2-1-3/h13,15,17,24H,4-12,14H2,1-3H3,(H,22,25);1H,(H,2,3). The number of rotatable bonds is 9. The van der Waals surface area contributed by atoms with Gasteiger partial charge in [0.05, 0.1) is 6.61 Å². The largest absolute Gasteiger partial charge is 0.483 e. The lowest BCUT2D eigenvalue weighted by atomic mass is 10.0. The quantitative estimate of drug-likeness (QED) is 0.410. The predicted octanol–water partition coefficient (Wildman–Crippen LogP) is 2.20. The molecule has 170 valence electrons. The van der Waals surface area contributed by atoms with Crippen molar-refractivity contribution in [2.24, 2.45) is 5.92 Å². The van der Waals surface area contributed by atoms with Crippen LogP contribution in [0.3, 0.4) is 0 Å². The van der Waals surface area contributed by atoms with Gasteiger partial charge in [0.15, 0.2) is 0 Å². The number of carbonyl (C=O) groups is 2. The molecular formula is C22H36N2O6. The minimum absolute atomic E-state index is 0.106. The van der Waals surface area contributed by atoms with Crippen LogP contribution in [-0.2, 0) is 11.2 Å². The predicted molar refractivity (Wildman–Crippen MR) is 115 cm³/mol. The van der Waals surface area contributed by atoms with Crippen molar-refractivity contribution in [2.45, 2.75) is 65.3 Å². The number of hydrogen-bond acceptors (Lipinski definition) is 6. The Morgan fingerprint density at radius 2 is 2.10 bits per heavy atom. The van der Waals surface area contributed by atoms with Crippen molar-refractivity contribution >= 4 is 12.4 Å². The second kappa shape index (κ2) is 13.9. The van der Waals surface area contributed by atoms with Crippen LogP contribution in [0, 0.1) is 12.8 Å². The SMILES string of the molecule is Cc1cc(CCC(C)C)oc(=O)c1C(=O)NCCCN1CCCCC1CO.O=CO. The van der Waals surface area contributed by atoms with Crippen LogP contribution in [0.25, 0.3) is 0 Å². The molecule has 0 bridgehead atoms. The zero-order chi connectivity index (χ0) is 22.5. The summed E-state index contributed by atoms with van der Waals surface area (Å²) in [7, 11) is 0. The Balaban J connectivity index is 0.00000141. The van der Waals surface area contributed by atoms with Crippen molar-refractivity contribution in [2.75, 3.05) is 26.2 Å². The molecule has 30 heavy (non-hydrogen) atoms. The highest BCUT2D eigenvalue weighted by molar-refractivity contribution is 5.95. The molecule has 2 rings (SSSR count). The van der Waals surface area contributed by atoms with Crippen LogP contribution in [0.4, 0.5) is 0 Å². The minimum atomic E-state index is -0.553. The van der Waals surface area contributed by atoms with Crippen LogP contribution < -0.4 is 10.9 Å². The van der Waals surface area contributed by atoms with E-state index in [1.54, 1.807) is 13.0 Å². The van der Waals surface area contributed by atoms with Crippen LogP contribution >= 0.6 is 0 Å². The third-order valence-electron chi connectivity index (χ3n) is 5.26. The first kappa shape index (κ1) is 25.8. The molecule has 3 N–H and O–H groups in total. The summed E-state index contributed by atoms with van der Waals surface area (Å²) in [4.78, 5) is 35.3. The van der Waals surface area contributed by atoms with E-state index in [2.05, 4.69) is 24.1 Å². The van der Waals surface area contributed by atoms with Crippen molar-refractivity contribution in [3.63, 3.8) is 0 Å². The Morgan fingerprint density at radius 3 is 2.70 bits per heavy atom. The molecule has 1 aromatic rings. The number of hydrogen-bond donors (Lipinski definition) is 3. The highest BCUT2D eigenvalue weighted by Crippen LogP contribution is 2.16. The van der Waals surface area contributed by atoms with Gasteiger partial charge in [-0.1, -0.05) is 20.3 Å². The zero-order valence-corrected chi connectivity index (χ0v) is 18.4. The summed E-state index contributed by atoms with van der Waals surface area (Å²) < 4.78 is 5.34. The molecule has 0 radical (unpaired) electrons. The van der Waals surface area contributed by atoms with Gasteiger partial charge in [0, 0.05) is 25.6 Å². The number of aliphatic hydroxyl groups excluding tert-OH is 1. The first-order valence-electron chi connectivity index (χ1n) is 10.7. The zero-order valence-electron chi connectivity index (χ0n) is 18.4. The molecule has 1 fully saturated rings. The van der Waals surface area contributed by atoms with Crippen molar-refractivity contribution in [3.8, 4) is 0 Å². The molecule has 1 saturated heterocycles. The van der Waals surface area contributed by atoms with E-state index in [4.69, 9.17) is 14.3 Å². The summed E-state index contributed by atoms with van der Waals surface area (Å²) in [5.41, 5.74) is 0.219. The van der Waals surface area contributed by atoms with Gasteiger partial charge in [-0.25, -0.2) is 4.79 Å². The summed E-state index contributed by atoms with van der Waals surface area (Å²) in [5, 5.41) is 19.2. The number of nitrogens with zero attached hydrogens (tertiary/aromatic N) is 1. The van der Waals surface area contributed by atoms with Crippen LogP contribution in [0.1, 0.15) is 67.6 Å². The number of carboxylic acid groups (broad SMARTS) is 1. The fourth-order valence-corrected chi connectivity index (χ4v) is 3.63. The average Bonchev–Trinajstić information content (AvgIpc) is 2.70. The minimum Gasteiger partial charge on any atom is -0.483 e. The van der Waals surface area contributed by atoms with Crippen LogP contribution in [0.5, 0.6) is 0 Å². The highest BCUT2D eigenvalue weighted by atomic mass is 16.4. The molecule has 1 aliphatic rings. The fraction of sp³-hybridized carbons (Fsp3) is 0.682. The number of carbonyl (C=O) groups excluding carboxylic acids is 1. The normalized spacial score (nSPS) is 16.6. The molecule has 0 aromatic carbocycles. The van der Waals surface area contributed by atoms with Crippen molar-refractivity contribution < 1.29 is 24.2 Å². The Kier molecular flexibility index (Phi) is 12.0. The Morgan fingerprint density at radius 1 is 1.40 bits per heavy atom. The summed E-state index contributed by atoms with van der Waals surface area (Å²) in [6.07, 6.45) is 5.80. The van der Waals surface area contributed by atoms with E-state index in [9.17, 15) is 14.7 Å². The maximum atomic E-state index is 12.4. The van der Waals surface area contributed by atoms with Gasteiger partial charge in [0.2, 0.25) is 0 Å². The molecule has 1 aliphatic heterocycles. The third kappa shape index (κ3) is 8.67. The molecule has 0 saturated carbocycles. The molecule has 1 unspecified atom stereocenters. The van der Waals surface area contributed by atoms with E-state index in [1.165, 1.54) is 6.42 Å². The number of piperidine rings is 1. The first-order valence-corrected chi connectivity index (χ1v) is 10.7. The molecule has 2 heterocycles. The topological polar surface area (TPSA) is 120 Å². The molecule has 0 aliphatic carbocycles. The van der Waals surface area contributed by atoms with Gasteiger partial charge in [0.25, 0.3) is 12.4 Å². The molecule has 1 amide bonds. The fourth-order valence-electron chi connectivity index (χ4n) is 3.63. The lowest BCUT2D eigenvalue weighted by molar-refractivity contribution is -0.122. The van der Waals surface area contributed by atoms with Gasteiger partial charge >= 0.3 is 5.63 Å². The first-order chi connectivity index (χ1) is 14.3. The Hall–Kier alpha value is -2.19. The summed E-state index contributed by atoms with van der Waals surface area (Å²) in [5.74, 6) is 0.806. The van der Waals surface area contributed by atoms with E-state index in [-0.39, 0.29) is 30.6 Å². The number of nitrogens with one attached hydrogen (secondary N) is 1. The van der Waals surface area contributed by atoms with Crippen LogP contribution in [0.15, 0.2) is 15.3 Å². The summed E-state index contributed by atoms with van der Waals surface area (Å²) >= 11 is 0. The number of likely N-dealkylation sites (tertiary alicyclic amines) is 1. The molecule has 1 atom stereocenters. The lowest BCUT2D eigenvalue weighted by Gasteiger charge is -2.34.